The van der Waals surface area contributed by atoms with Gasteiger partial charge in [0, 0.05) is 5.75 Å². The minimum atomic E-state index is -0.211. The fourth-order valence-electron chi connectivity index (χ4n) is 1.09. The normalized spacial score (nSPS) is 15.4. The molecule has 0 fully saturated rings. The summed E-state index contributed by atoms with van der Waals surface area (Å²) in [5.74, 6) is 1.24. The van der Waals surface area contributed by atoms with E-state index >= 15 is 0 Å². The first kappa shape index (κ1) is 9.26. The molecule has 1 aliphatic heterocycles. The molecule has 1 aliphatic rings. The molecule has 2 rings (SSSR count). The van der Waals surface area contributed by atoms with Crippen molar-refractivity contribution in [3.05, 3.63) is 17.5 Å². The van der Waals surface area contributed by atoms with Crippen molar-refractivity contribution in [3.63, 3.8) is 0 Å². The Morgan fingerprint density at radius 1 is 1.71 bits per heavy atom. The Hall–Kier alpha value is -1.30. The zero-order chi connectivity index (χ0) is 9.97. The quantitative estimate of drug-likeness (QED) is 0.746. The van der Waals surface area contributed by atoms with Crippen LogP contribution < -0.4 is 5.32 Å². The van der Waals surface area contributed by atoms with Crippen molar-refractivity contribution in [3.8, 4) is 0 Å². The lowest BCUT2D eigenvalue weighted by molar-refractivity contribution is 0.0976. The molecule has 0 radical (unpaired) electrons. The number of aromatic nitrogens is 1. The fourth-order valence-corrected chi connectivity index (χ4v) is 1.82. The van der Waals surface area contributed by atoms with Gasteiger partial charge in [-0.3, -0.25) is 9.79 Å². The monoisotopic (exact) mass is 211 g/mol. The Morgan fingerprint density at radius 3 is 3.14 bits per heavy atom. The number of nitrogens with one attached hydrogen (secondary N) is 1. The summed E-state index contributed by atoms with van der Waals surface area (Å²) in [4.78, 5) is 15.7. The van der Waals surface area contributed by atoms with Crippen LogP contribution in [0.4, 0.5) is 0 Å². The average Bonchev–Trinajstić information content (AvgIpc) is 2.75. The smallest absolute Gasteiger partial charge is 0.262 e. The van der Waals surface area contributed by atoms with Gasteiger partial charge in [-0.15, -0.1) is 0 Å². The Bertz CT molecular complexity index is 386. The van der Waals surface area contributed by atoms with Crippen LogP contribution in [-0.2, 0) is 0 Å². The maximum absolute atomic E-state index is 11.6. The predicted molar refractivity (Wildman–Crippen MR) is 53.5 cm³/mol. The molecule has 0 bridgehead atoms. The van der Waals surface area contributed by atoms with Gasteiger partial charge < -0.3 is 9.84 Å². The summed E-state index contributed by atoms with van der Waals surface area (Å²) in [7, 11) is 0. The number of hydrogen-bond donors (Lipinski definition) is 1. The summed E-state index contributed by atoms with van der Waals surface area (Å²) in [6.45, 7) is 2.47. The molecule has 0 atom stereocenters. The molecule has 0 unspecified atom stereocenters. The summed E-state index contributed by atoms with van der Waals surface area (Å²) in [5.41, 5.74) is 0.459. The summed E-state index contributed by atoms with van der Waals surface area (Å²) in [5, 5.41) is 6.91. The minimum absolute atomic E-state index is 0.211. The fraction of sp³-hybridized carbons (Fsp3) is 0.375. The number of nitrogens with zero attached hydrogens (tertiary/aromatic N) is 2. The highest BCUT2D eigenvalue weighted by molar-refractivity contribution is 8.14. The summed E-state index contributed by atoms with van der Waals surface area (Å²) < 4.78 is 4.79. The number of hydrogen-bond acceptors (Lipinski definition) is 5. The molecule has 0 saturated heterocycles. The highest BCUT2D eigenvalue weighted by atomic mass is 32.2. The van der Waals surface area contributed by atoms with E-state index in [4.69, 9.17) is 4.52 Å². The Kier molecular flexibility index (Phi) is 2.53. The number of aryl methyl sites for hydroxylation is 1. The molecule has 74 valence electrons. The van der Waals surface area contributed by atoms with Gasteiger partial charge in [-0.05, 0) is 6.92 Å². The third-order valence-corrected chi connectivity index (χ3v) is 2.69. The van der Waals surface area contributed by atoms with E-state index in [1.165, 1.54) is 6.20 Å². The van der Waals surface area contributed by atoms with Crippen molar-refractivity contribution >= 4 is 22.8 Å². The number of carbonyl (C=O) groups is 1. The second-order valence-corrected chi connectivity index (χ2v) is 3.87. The van der Waals surface area contributed by atoms with Gasteiger partial charge in [0.15, 0.2) is 5.17 Å². The van der Waals surface area contributed by atoms with Gasteiger partial charge in [-0.2, -0.15) is 0 Å². The molecule has 1 N–H and O–H groups in total. The molecule has 14 heavy (non-hydrogen) atoms. The zero-order valence-corrected chi connectivity index (χ0v) is 8.43. The van der Waals surface area contributed by atoms with Gasteiger partial charge in [0.2, 0.25) is 0 Å². The molecule has 2 heterocycles. The summed E-state index contributed by atoms with van der Waals surface area (Å²) >= 11 is 1.54. The number of thioether (sulfide) groups is 1. The maximum Gasteiger partial charge on any atom is 0.262 e. The predicted octanol–water partition coefficient (Wildman–Crippen LogP) is 0.816. The van der Waals surface area contributed by atoms with Crippen LogP contribution in [0, 0.1) is 6.92 Å². The van der Waals surface area contributed by atoms with Crippen LogP contribution in [0.2, 0.25) is 0 Å². The molecule has 5 nitrogen and oxygen atoms in total. The molecular weight excluding hydrogens is 202 g/mol. The van der Waals surface area contributed by atoms with E-state index in [1.807, 2.05) is 0 Å². The largest absolute Gasteiger partial charge is 0.361 e. The summed E-state index contributed by atoms with van der Waals surface area (Å²) in [6.07, 6.45) is 1.41. The maximum atomic E-state index is 11.6. The van der Waals surface area contributed by atoms with Crippen LogP contribution >= 0.6 is 11.8 Å². The second-order valence-electron chi connectivity index (χ2n) is 2.79. The van der Waals surface area contributed by atoms with Crippen molar-refractivity contribution in [2.45, 2.75) is 6.92 Å². The van der Waals surface area contributed by atoms with E-state index in [0.29, 0.717) is 16.5 Å². The number of carbonyl (C=O) groups excluding carboxylic acids is 1. The highest BCUT2D eigenvalue weighted by Gasteiger charge is 2.16. The Labute approximate surface area is 84.9 Å². The number of amides is 1. The van der Waals surface area contributed by atoms with Crippen LogP contribution in [0.3, 0.4) is 0 Å². The second kappa shape index (κ2) is 3.83. The Morgan fingerprint density at radius 2 is 2.57 bits per heavy atom. The van der Waals surface area contributed by atoms with E-state index in [2.05, 4.69) is 15.5 Å². The van der Waals surface area contributed by atoms with Gasteiger partial charge in [-0.1, -0.05) is 16.9 Å². The number of aliphatic imine (C=N–C) groups is 1. The third kappa shape index (κ3) is 1.79. The number of amidine groups is 1. The van der Waals surface area contributed by atoms with Crippen LogP contribution in [0.25, 0.3) is 0 Å². The Balaban J connectivity index is 2.06. The van der Waals surface area contributed by atoms with E-state index < -0.39 is 0 Å². The molecule has 1 amide bonds. The lowest BCUT2D eigenvalue weighted by atomic mass is 10.3. The topological polar surface area (TPSA) is 67.5 Å². The first-order chi connectivity index (χ1) is 6.77. The van der Waals surface area contributed by atoms with Crippen molar-refractivity contribution < 1.29 is 9.32 Å². The van der Waals surface area contributed by atoms with Gasteiger partial charge in [0.1, 0.15) is 11.3 Å². The van der Waals surface area contributed by atoms with Crippen LogP contribution in [0.1, 0.15) is 16.1 Å². The number of rotatable bonds is 1. The van der Waals surface area contributed by atoms with Crippen molar-refractivity contribution in [2.75, 3.05) is 12.3 Å². The molecule has 1 aromatic rings. The van der Waals surface area contributed by atoms with Crippen LogP contribution in [-0.4, -0.2) is 28.5 Å². The minimum Gasteiger partial charge on any atom is -0.361 e. The standard InChI is InChI=1S/C8H9N3O2S/c1-5-6(4-10-13-5)7(12)11-8-9-2-3-14-8/h4H,2-3H2,1H3,(H,9,11,12). The van der Waals surface area contributed by atoms with Crippen LogP contribution in [0.15, 0.2) is 15.7 Å². The van der Waals surface area contributed by atoms with E-state index in [9.17, 15) is 4.79 Å². The van der Waals surface area contributed by atoms with Crippen molar-refractivity contribution in [1.82, 2.24) is 10.5 Å². The summed E-state index contributed by atoms with van der Waals surface area (Å²) in [6, 6.07) is 0. The van der Waals surface area contributed by atoms with Crippen molar-refractivity contribution in [1.29, 1.82) is 0 Å². The van der Waals surface area contributed by atoms with Crippen molar-refractivity contribution in [2.24, 2.45) is 4.99 Å². The highest BCUT2D eigenvalue weighted by Crippen LogP contribution is 2.11. The van der Waals surface area contributed by atoms with E-state index in [-0.39, 0.29) is 5.91 Å². The molecule has 0 spiro atoms. The molecular formula is C8H9N3O2S. The molecule has 0 aliphatic carbocycles. The van der Waals surface area contributed by atoms with Gasteiger partial charge in [0.05, 0.1) is 12.7 Å². The first-order valence-electron chi connectivity index (χ1n) is 4.17. The first-order valence-corrected chi connectivity index (χ1v) is 5.16. The SMILES string of the molecule is Cc1oncc1C(=O)NC1=NCCS1. The average molecular weight is 211 g/mol. The van der Waals surface area contributed by atoms with Gasteiger partial charge in [-0.25, -0.2) is 0 Å². The molecule has 0 saturated carbocycles. The van der Waals surface area contributed by atoms with Crippen LogP contribution in [0.5, 0.6) is 0 Å². The van der Waals surface area contributed by atoms with Gasteiger partial charge >= 0.3 is 0 Å². The lowest BCUT2D eigenvalue weighted by Gasteiger charge is -2.00. The lowest BCUT2D eigenvalue weighted by Crippen LogP contribution is -2.27. The molecule has 1 aromatic heterocycles. The van der Waals surface area contributed by atoms with E-state index in [0.717, 1.165) is 12.3 Å². The zero-order valence-electron chi connectivity index (χ0n) is 7.61. The third-order valence-electron chi connectivity index (χ3n) is 1.80. The molecule has 6 heteroatoms. The molecule has 0 aromatic carbocycles. The van der Waals surface area contributed by atoms with E-state index in [1.54, 1.807) is 18.7 Å². The van der Waals surface area contributed by atoms with Gasteiger partial charge in [0.25, 0.3) is 5.91 Å².